The molecule has 1 heterocycles. The Kier molecular flexibility index (Phi) is 5.12. The molecule has 0 radical (unpaired) electrons. The van der Waals surface area contributed by atoms with Crippen molar-refractivity contribution in [2.75, 3.05) is 7.11 Å². The van der Waals surface area contributed by atoms with E-state index in [1.165, 1.54) is 11.1 Å². The van der Waals surface area contributed by atoms with Crippen LogP contribution in [0.2, 0.25) is 0 Å². The van der Waals surface area contributed by atoms with Crippen LogP contribution < -0.4 is 9.57 Å². The molecule has 0 unspecified atom stereocenters. The van der Waals surface area contributed by atoms with Crippen molar-refractivity contribution in [1.29, 1.82) is 0 Å². The molecule has 74 valence electrons. The summed E-state index contributed by atoms with van der Waals surface area (Å²) in [6.07, 6.45) is 1.97. The molecule has 1 aromatic rings. The number of hydrogen-bond acceptors (Lipinski definition) is 1. The zero-order chi connectivity index (χ0) is 10.4. The zero-order valence-corrected chi connectivity index (χ0v) is 9.51. The van der Waals surface area contributed by atoms with Gasteiger partial charge in [0.1, 0.15) is 7.11 Å². The first-order chi connectivity index (χ1) is 6.15. The van der Waals surface area contributed by atoms with Crippen LogP contribution in [0.1, 0.15) is 30.7 Å². The average Bonchev–Trinajstić information content (AvgIpc) is 2.14. The van der Waals surface area contributed by atoms with E-state index in [9.17, 15) is 0 Å². The SMILES string of the molecule is CC.CO[n+]1cc(C)cc(C)c1C. The first kappa shape index (κ1) is 11.9. The second-order valence-corrected chi connectivity index (χ2v) is 2.79. The van der Waals surface area contributed by atoms with Crippen molar-refractivity contribution in [3.8, 4) is 0 Å². The Morgan fingerprint density at radius 1 is 1.15 bits per heavy atom. The summed E-state index contributed by atoms with van der Waals surface area (Å²) in [7, 11) is 1.67. The number of aromatic nitrogens is 1. The van der Waals surface area contributed by atoms with E-state index in [-0.39, 0.29) is 0 Å². The first-order valence-corrected chi connectivity index (χ1v) is 4.69. The molecule has 2 nitrogen and oxygen atoms in total. The lowest BCUT2D eigenvalue weighted by Gasteiger charge is -1.99. The first-order valence-electron chi connectivity index (χ1n) is 4.69. The number of pyridine rings is 1. The van der Waals surface area contributed by atoms with Gasteiger partial charge in [-0.05, 0) is 19.9 Å². The standard InChI is InChI=1S/C9H14NO.C2H6/c1-7-5-8(2)9(3)10(6-7)11-4;1-2/h5-6H,1-4H3;1-2H3/q+1;. The summed E-state index contributed by atoms with van der Waals surface area (Å²) in [5.41, 5.74) is 3.62. The fraction of sp³-hybridized carbons (Fsp3) is 0.545. The minimum atomic E-state index is 1.15. The quantitative estimate of drug-likeness (QED) is 0.605. The Bertz CT molecular complexity index is 269. The molecule has 0 bridgehead atoms. The van der Waals surface area contributed by atoms with E-state index in [1.54, 1.807) is 11.8 Å². The van der Waals surface area contributed by atoms with Crippen LogP contribution in [0, 0.1) is 20.8 Å². The molecule has 0 aromatic carbocycles. The molecular formula is C11H20NO+. The third-order valence-corrected chi connectivity index (χ3v) is 1.86. The maximum Gasteiger partial charge on any atom is 0.234 e. The highest BCUT2D eigenvalue weighted by Crippen LogP contribution is 2.02. The lowest BCUT2D eigenvalue weighted by atomic mass is 10.2. The van der Waals surface area contributed by atoms with Gasteiger partial charge in [-0.3, -0.25) is 4.84 Å². The predicted molar refractivity (Wildman–Crippen MR) is 54.7 cm³/mol. The van der Waals surface area contributed by atoms with E-state index in [2.05, 4.69) is 19.9 Å². The molecule has 0 aliphatic heterocycles. The summed E-state index contributed by atoms with van der Waals surface area (Å²) in [4.78, 5) is 5.12. The number of hydrogen-bond donors (Lipinski definition) is 0. The molecule has 0 saturated carbocycles. The van der Waals surface area contributed by atoms with Gasteiger partial charge < -0.3 is 0 Å². The molecule has 0 amide bonds. The maximum atomic E-state index is 5.12. The predicted octanol–water partition coefficient (Wildman–Crippen LogP) is 1.98. The maximum absolute atomic E-state index is 5.12. The third kappa shape index (κ3) is 3.05. The second kappa shape index (κ2) is 5.57. The molecule has 1 aromatic heterocycles. The molecule has 2 heteroatoms. The van der Waals surface area contributed by atoms with E-state index in [4.69, 9.17) is 4.84 Å². The molecule has 0 aliphatic carbocycles. The van der Waals surface area contributed by atoms with Crippen LogP contribution in [-0.2, 0) is 0 Å². The Hall–Kier alpha value is -1.05. The summed E-state index contributed by atoms with van der Waals surface area (Å²) < 4.78 is 1.78. The van der Waals surface area contributed by atoms with Crippen molar-refractivity contribution < 1.29 is 9.57 Å². The van der Waals surface area contributed by atoms with Crippen LogP contribution in [0.5, 0.6) is 0 Å². The fourth-order valence-corrected chi connectivity index (χ4v) is 1.13. The molecule has 13 heavy (non-hydrogen) atoms. The minimum absolute atomic E-state index is 1.15. The number of rotatable bonds is 1. The van der Waals surface area contributed by atoms with E-state index >= 15 is 0 Å². The van der Waals surface area contributed by atoms with E-state index in [1.807, 2.05) is 27.0 Å². The Morgan fingerprint density at radius 2 is 1.69 bits per heavy atom. The van der Waals surface area contributed by atoms with Crippen LogP contribution in [0.3, 0.4) is 0 Å². The minimum Gasteiger partial charge on any atom is -0.274 e. The van der Waals surface area contributed by atoms with Gasteiger partial charge in [-0.15, -0.1) is 0 Å². The Labute approximate surface area is 81.1 Å². The van der Waals surface area contributed by atoms with Crippen LogP contribution >= 0.6 is 0 Å². The number of nitrogens with zero attached hydrogens (tertiary/aromatic N) is 1. The Morgan fingerprint density at radius 3 is 2.15 bits per heavy atom. The molecule has 0 spiro atoms. The zero-order valence-electron chi connectivity index (χ0n) is 9.51. The summed E-state index contributed by atoms with van der Waals surface area (Å²) >= 11 is 0. The van der Waals surface area contributed by atoms with Crippen LogP contribution in [0.25, 0.3) is 0 Å². The van der Waals surface area contributed by atoms with Crippen molar-refractivity contribution in [3.05, 3.63) is 29.1 Å². The van der Waals surface area contributed by atoms with E-state index in [0.717, 1.165) is 5.69 Å². The van der Waals surface area contributed by atoms with Gasteiger partial charge in [-0.2, -0.15) is 0 Å². The topological polar surface area (TPSA) is 13.1 Å². The molecule has 0 atom stereocenters. The normalized spacial score (nSPS) is 8.77. The highest BCUT2D eigenvalue weighted by Gasteiger charge is 2.09. The molecule has 0 saturated heterocycles. The number of aryl methyl sites for hydroxylation is 2. The van der Waals surface area contributed by atoms with Crippen molar-refractivity contribution in [3.63, 3.8) is 0 Å². The highest BCUT2D eigenvalue weighted by molar-refractivity contribution is 5.17. The van der Waals surface area contributed by atoms with Gasteiger partial charge in [0.05, 0.1) is 0 Å². The van der Waals surface area contributed by atoms with E-state index in [0.29, 0.717) is 0 Å². The smallest absolute Gasteiger partial charge is 0.234 e. The average molecular weight is 182 g/mol. The summed E-state index contributed by atoms with van der Waals surface area (Å²) in [6.45, 7) is 10.2. The molecule has 1 rings (SSSR count). The van der Waals surface area contributed by atoms with Crippen molar-refractivity contribution in [2.24, 2.45) is 0 Å². The lowest BCUT2D eigenvalue weighted by molar-refractivity contribution is -0.890. The van der Waals surface area contributed by atoms with Crippen LogP contribution in [0.15, 0.2) is 12.3 Å². The third-order valence-electron chi connectivity index (χ3n) is 1.86. The van der Waals surface area contributed by atoms with Gasteiger partial charge in [-0.25, -0.2) is 0 Å². The van der Waals surface area contributed by atoms with Crippen LogP contribution in [-0.4, -0.2) is 7.11 Å². The van der Waals surface area contributed by atoms with Gasteiger partial charge in [-0.1, -0.05) is 13.8 Å². The van der Waals surface area contributed by atoms with Gasteiger partial charge in [0.2, 0.25) is 11.9 Å². The summed E-state index contributed by atoms with van der Waals surface area (Å²) in [5.74, 6) is 0. The van der Waals surface area contributed by atoms with Crippen molar-refractivity contribution in [2.45, 2.75) is 34.6 Å². The monoisotopic (exact) mass is 182 g/mol. The van der Waals surface area contributed by atoms with Crippen molar-refractivity contribution in [1.82, 2.24) is 0 Å². The Balaban J connectivity index is 0.000000671. The largest absolute Gasteiger partial charge is 0.274 e. The molecule has 0 N–H and O–H groups in total. The second-order valence-electron chi connectivity index (χ2n) is 2.79. The summed E-state index contributed by atoms with van der Waals surface area (Å²) in [6, 6.07) is 2.14. The van der Waals surface area contributed by atoms with Crippen molar-refractivity contribution >= 4 is 0 Å². The van der Waals surface area contributed by atoms with Gasteiger partial charge in [0, 0.05) is 22.8 Å². The van der Waals surface area contributed by atoms with Crippen LogP contribution in [0.4, 0.5) is 0 Å². The van der Waals surface area contributed by atoms with Gasteiger partial charge in [0.15, 0.2) is 0 Å². The molecule has 0 fully saturated rings. The van der Waals surface area contributed by atoms with Gasteiger partial charge >= 0.3 is 0 Å². The summed E-state index contributed by atoms with van der Waals surface area (Å²) in [5, 5.41) is 0. The molecular weight excluding hydrogens is 162 g/mol. The fourth-order valence-electron chi connectivity index (χ4n) is 1.13. The van der Waals surface area contributed by atoms with Gasteiger partial charge in [0.25, 0.3) is 0 Å². The molecule has 0 aliphatic rings. The lowest BCUT2D eigenvalue weighted by Crippen LogP contribution is -2.43. The van der Waals surface area contributed by atoms with E-state index < -0.39 is 0 Å². The highest BCUT2D eigenvalue weighted by atomic mass is 16.6.